The fraction of sp³-hybridized carbons (Fsp3) is 0. The van der Waals surface area contributed by atoms with Gasteiger partial charge in [-0.3, -0.25) is 0 Å². The Morgan fingerprint density at radius 1 is 1.45 bits per heavy atom. The summed E-state index contributed by atoms with van der Waals surface area (Å²) in [4.78, 5) is 10.0. The predicted octanol–water partition coefficient (Wildman–Crippen LogP) is 1.89. The maximum Gasteiger partial charge on any atom is 0.108 e. The van der Waals surface area contributed by atoms with E-state index in [0.29, 0.717) is 11.3 Å². The maximum atomic E-state index is 10.0. The molecule has 0 spiro atoms. The molecule has 0 atom stereocenters. The number of hydrogen-bond donors (Lipinski definition) is 1. The lowest BCUT2D eigenvalue weighted by Gasteiger charge is -1.90. The Labute approximate surface area is 63.1 Å². The molecule has 0 radical (unpaired) electrons. The van der Waals surface area contributed by atoms with Gasteiger partial charge in [0, 0.05) is 0 Å². The van der Waals surface area contributed by atoms with Gasteiger partial charge in [0.2, 0.25) is 0 Å². The highest BCUT2D eigenvalue weighted by molar-refractivity contribution is 5.80. The highest BCUT2D eigenvalue weighted by Crippen LogP contribution is 2.11. The van der Waals surface area contributed by atoms with E-state index in [1.165, 1.54) is 12.3 Å². The van der Waals surface area contributed by atoms with E-state index in [9.17, 15) is 4.91 Å². The number of hydrogen-bond acceptors (Lipinski definition) is 4. The van der Waals surface area contributed by atoms with Gasteiger partial charge in [-0.1, -0.05) is 17.3 Å². The lowest BCUT2D eigenvalue weighted by atomic mass is 10.2. The second-order valence-electron chi connectivity index (χ2n) is 1.93. The lowest BCUT2D eigenvalue weighted by Crippen LogP contribution is -1.77. The normalized spacial score (nSPS) is 10.2. The van der Waals surface area contributed by atoms with Crippen LogP contribution in [0.5, 0.6) is 0 Å². The van der Waals surface area contributed by atoms with Crippen LogP contribution in [0.25, 0.3) is 0 Å². The van der Waals surface area contributed by atoms with Crippen molar-refractivity contribution >= 4 is 11.9 Å². The number of rotatable bonds is 2. The van der Waals surface area contributed by atoms with Crippen LogP contribution in [-0.2, 0) is 0 Å². The van der Waals surface area contributed by atoms with Gasteiger partial charge >= 0.3 is 0 Å². The molecule has 0 aliphatic rings. The molecule has 0 saturated heterocycles. The van der Waals surface area contributed by atoms with E-state index in [4.69, 9.17) is 5.21 Å². The number of benzene rings is 1. The van der Waals surface area contributed by atoms with Crippen LogP contribution >= 0.6 is 0 Å². The minimum absolute atomic E-state index is 0.322. The maximum absolute atomic E-state index is 10.0. The molecular formula is C7H6N2O2. The van der Waals surface area contributed by atoms with Crippen molar-refractivity contribution in [1.29, 1.82) is 0 Å². The average molecular weight is 150 g/mol. The molecule has 1 rings (SSSR count). The van der Waals surface area contributed by atoms with Gasteiger partial charge in [-0.2, -0.15) is 0 Å². The lowest BCUT2D eigenvalue weighted by molar-refractivity contribution is 0.322. The third-order valence-electron chi connectivity index (χ3n) is 1.18. The summed E-state index contributed by atoms with van der Waals surface area (Å²) in [5.41, 5.74) is 0.965. The van der Waals surface area contributed by atoms with Gasteiger partial charge in [0.1, 0.15) is 5.69 Å². The molecule has 0 unspecified atom stereocenters. The van der Waals surface area contributed by atoms with Crippen molar-refractivity contribution in [1.82, 2.24) is 0 Å². The van der Waals surface area contributed by atoms with Gasteiger partial charge in [0.05, 0.1) is 6.21 Å². The van der Waals surface area contributed by atoms with Crippen molar-refractivity contribution in [2.24, 2.45) is 10.3 Å². The molecule has 0 amide bonds. The van der Waals surface area contributed by atoms with E-state index in [1.54, 1.807) is 18.2 Å². The highest BCUT2D eigenvalue weighted by atomic mass is 16.4. The smallest absolute Gasteiger partial charge is 0.108 e. The van der Waals surface area contributed by atoms with E-state index < -0.39 is 0 Å². The summed E-state index contributed by atoms with van der Waals surface area (Å²) in [6.45, 7) is 0. The molecule has 56 valence electrons. The van der Waals surface area contributed by atoms with Gasteiger partial charge < -0.3 is 5.21 Å². The summed E-state index contributed by atoms with van der Waals surface area (Å²) in [7, 11) is 0. The molecule has 0 aliphatic heterocycles. The van der Waals surface area contributed by atoms with Crippen LogP contribution in [-0.4, -0.2) is 11.4 Å². The Bertz CT molecular complexity index is 284. The Morgan fingerprint density at radius 3 is 2.91 bits per heavy atom. The highest BCUT2D eigenvalue weighted by Gasteiger charge is 1.91. The third-order valence-corrected chi connectivity index (χ3v) is 1.18. The fourth-order valence-electron chi connectivity index (χ4n) is 0.729. The van der Waals surface area contributed by atoms with Crippen LogP contribution in [0.4, 0.5) is 5.69 Å². The van der Waals surface area contributed by atoms with Crippen molar-refractivity contribution in [3.63, 3.8) is 0 Å². The van der Waals surface area contributed by atoms with E-state index in [2.05, 4.69) is 10.3 Å². The SMILES string of the molecule is O=Nc1cccc(C=NO)c1. The quantitative estimate of drug-likeness (QED) is 0.303. The Morgan fingerprint density at radius 2 is 2.27 bits per heavy atom. The largest absolute Gasteiger partial charge is 0.411 e. The second-order valence-corrected chi connectivity index (χ2v) is 1.93. The van der Waals surface area contributed by atoms with Crippen LogP contribution in [0.1, 0.15) is 5.56 Å². The number of oxime groups is 1. The van der Waals surface area contributed by atoms with Crippen molar-refractivity contribution in [2.45, 2.75) is 0 Å². The van der Waals surface area contributed by atoms with E-state index >= 15 is 0 Å². The van der Waals surface area contributed by atoms with Gasteiger partial charge in [0.15, 0.2) is 0 Å². The monoisotopic (exact) mass is 150 g/mol. The molecule has 0 bridgehead atoms. The summed E-state index contributed by atoms with van der Waals surface area (Å²) in [5.74, 6) is 0. The summed E-state index contributed by atoms with van der Waals surface area (Å²) in [5, 5.41) is 13.7. The summed E-state index contributed by atoms with van der Waals surface area (Å²) in [6, 6.07) is 6.45. The molecule has 1 aromatic rings. The minimum atomic E-state index is 0.322. The number of nitrogens with zero attached hydrogens (tertiary/aromatic N) is 2. The molecule has 1 aromatic carbocycles. The van der Waals surface area contributed by atoms with Crippen molar-refractivity contribution in [3.05, 3.63) is 34.7 Å². The molecule has 0 aromatic heterocycles. The first kappa shape index (κ1) is 7.40. The van der Waals surface area contributed by atoms with Crippen molar-refractivity contribution in [3.8, 4) is 0 Å². The fourth-order valence-corrected chi connectivity index (χ4v) is 0.729. The Kier molecular flexibility index (Phi) is 2.32. The first-order chi connectivity index (χ1) is 5.36. The van der Waals surface area contributed by atoms with Crippen LogP contribution in [0.3, 0.4) is 0 Å². The van der Waals surface area contributed by atoms with E-state index in [1.807, 2.05) is 0 Å². The summed E-state index contributed by atoms with van der Waals surface area (Å²) < 4.78 is 0. The van der Waals surface area contributed by atoms with Crippen LogP contribution in [0.2, 0.25) is 0 Å². The summed E-state index contributed by atoms with van der Waals surface area (Å²) in [6.07, 6.45) is 1.23. The standard InChI is InChI=1S/C7H6N2O2/c10-8-5-6-2-1-3-7(4-6)9-11/h1-5,10H. The molecule has 0 aliphatic carbocycles. The molecule has 0 fully saturated rings. The third kappa shape index (κ3) is 1.86. The van der Waals surface area contributed by atoms with Gasteiger partial charge in [-0.25, -0.2) is 0 Å². The molecule has 1 N–H and O–H groups in total. The first-order valence-corrected chi connectivity index (χ1v) is 2.97. The topological polar surface area (TPSA) is 62.0 Å². The zero-order chi connectivity index (χ0) is 8.10. The Balaban J connectivity index is 3.00. The van der Waals surface area contributed by atoms with E-state index in [0.717, 1.165) is 0 Å². The first-order valence-electron chi connectivity index (χ1n) is 2.97. The number of nitroso groups, excluding NO2 is 1. The minimum Gasteiger partial charge on any atom is -0.411 e. The van der Waals surface area contributed by atoms with Crippen molar-refractivity contribution < 1.29 is 5.21 Å². The van der Waals surface area contributed by atoms with Crippen LogP contribution in [0.15, 0.2) is 34.6 Å². The molecule has 4 heteroatoms. The second kappa shape index (κ2) is 3.46. The van der Waals surface area contributed by atoms with Crippen LogP contribution < -0.4 is 0 Å². The van der Waals surface area contributed by atoms with Gasteiger partial charge in [-0.15, -0.1) is 4.91 Å². The van der Waals surface area contributed by atoms with Crippen LogP contribution in [0, 0.1) is 4.91 Å². The van der Waals surface area contributed by atoms with Crippen molar-refractivity contribution in [2.75, 3.05) is 0 Å². The van der Waals surface area contributed by atoms with Gasteiger partial charge in [-0.05, 0) is 22.9 Å². The molecule has 11 heavy (non-hydrogen) atoms. The Hall–Kier alpha value is -1.71. The summed E-state index contributed by atoms with van der Waals surface area (Å²) >= 11 is 0. The molecular weight excluding hydrogens is 144 g/mol. The molecule has 4 nitrogen and oxygen atoms in total. The average Bonchev–Trinajstić information content (AvgIpc) is 2.06. The predicted molar refractivity (Wildman–Crippen MR) is 41.3 cm³/mol. The zero-order valence-electron chi connectivity index (χ0n) is 5.64. The zero-order valence-corrected chi connectivity index (χ0v) is 5.64. The molecule has 0 heterocycles. The molecule has 0 saturated carbocycles. The van der Waals surface area contributed by atoms with Gasteiger partial charge in [0.25, 0.3) is 0 Å². The van der Waals surface area contributed by atoms with E-state index in [-0.39, 0.29) is 0 Å².